The van der Waals surface area contributed by atoms with Crippen LogP contribution in [-0.2, 0) is 9.53 Å². The monoisotopic (exact) mass is 330 g/mol. The standard InChI is InChI=1S/C17H18N2O5/c1-2-23-17(22)12-5-7-13(8-6-12)19-15(20)9-10-18-16(21)14-4-3-11-24-14/h3-8,11H,2,9-10H2,1H3,(H,18,21)(H,19,20). The lowest BCUT2D eigenvalue weighted by Gasteiger charge is -2.07. The first kappa shape index (κ1) is 17.3. The van der Waals surface area contributed by atoms with E-state index < -0.39 is 5.97 Å². The van der Waals surface area contributed by atoms with Crippen LogP contribution in [0.1, 0.15) is 34.3 Å². The van der Waals surface area contributed by atoms with Crippen LogP contribution in [0.5, 0.6) is 0 Å². The molecule has 0 aliphatic carbocycles. The SMILES string of the molecule is CCOC(=O)c1ccc(NC(=O)CCNC(=O)c2ccco2)cc1. The number of furan rings is 1. The molecular weight excluding hydrogens is 312 g/mol. The minimum Gasteiger partial charge on any atom is -0.462 e. The van der Waals surface area contributed by atoms with Crippen LogP contribution in [0.2, 0.25) is 0 Å². The fraction of sp³-hybridized carbons (Fsp3) is 0.235. The smallest absolute Gasteiger partial charge is 0.338 e. The van der Waals surface area contributed by atoms with Crippen molar-refractivity contribution < 1.29 is 23.5 Å². The molecule has 0 fully saturated rings. The van der Waals surface area contributed by atoms with Crippen LogP contribution in [0.15, 0.2) is 47.1 Å². The van der Waals surface area contributed by atoms with Gasteiger partial charge in [-0.25, -0.2) is 4.79 Å². The van der Waals surface area contributed by atoms with Gasteiger partial charge < -0.3 is 19.8 Å². The van der Waals surface area contributed by atoms with E-state index >= 15 is 0 Å². The molecule has 1 aromatic heterocycles. The Kier molecular flexibility index (Phi) is 6.13. The molecule has 2 rings (SSSR count). The van der Waals surface area contributed by atoms with Gasteiger partial charge in [-0.05, 0) is 43.3 Å². The van der Waals surface area contributed by atoms with Crippen LogP contribution in [-0.4, -0.2) is 30.9 Å². The van der Waals surface area contributed by atoms with Gasteiger partial charge in [0.1, 0.15) is 0 Å². The topological polar surface area (TPSA) is 97.6 Å². The third-order valence-electron chi connectivity index (χ3n) is 3.06. The highest BCUT2D eigenvalue weighted by atomic mass is 16.5. The highest BCUT2D eigenvalue weighted by Gasteiger charge is 2.10. The average Bonchev–Trinajstić information content (AvgIpc) is 3.10. The van der Waals surface area contributed by atoms with Crippen LogP contribution < -0.4 is 10.6 Å². The van der Waals surface area contributed by atoms with E-state index in [1.54, 1.807) is 43.3 Å². The van der Waals surface area contributed by atoms with Gasteiger partial charge in [0.2, 0.25) is 5.91 Å². The van der Waals surface area contributed by atoms with Crippen LogP contribution >= 0.6 is 0 Å². The molecule has 0 aliphatic heterocycles. The maximum atomic E-state index is 11.8. The molecule has 0 radical (unpaired) electrons. The quantitative estimate of drug-likeness (QED) is 0.759. The van der Waals surface area contributed by atoms with E-state index in [1.807, 2.05) is 0 Å². The van der Waals surface area contributed by atoms with Crippen LogP contribution in [0, 0.1) is 0 Å². The number of ether oxygens (including phenoxy) is 1. The first-order valence-electron chi connectivity index (χ1n) is 7.49. The molecule has 1 heterocycles. The predicted octanol–water partition coefficient (Wildman–Crippen LogP) is 2.21. The Hall–Kier alpha value is -3.09. The van der Waals surface area contributed by atoms with Crippen molar-refractivity contribution >= 4 is 23.5 Å². The molecule has 2 N–H and O–H groups in total. The molecule has 7 heteroatoms. The molecule has 0 atom stereocenters. The van der Waals surface area contributed by atoms with Gasteiger partial charge in [0, 0.05) is 18.7 Å². The van der Waals surface area contributed by atoms with E-state index in [9.17, 15) is 14.4 Å². The van der Waals surface area contributed by atoms with Gasteiger partial charge in [-0.2, -0.15) is 0 Å². The number of benzene rings is 1. The molecule has 0 bridgehead atoms. The minimum atomic E-state index is -0.406. The zero-order valence-corrected chi connectivity index (χ0v) is 13.2. The third kappa shape index (κ3) is 4.98. The zero-order valence-electron chi connectivity index (χ0n) is 13.2. The number of nitrogens with one attached hydrogen (secondary N) is 2. The summed E-state index contributed by atoms with van der Waals surface area (Å²) < 4.78 is 9.83. The molecule has 0 aliphatic rings. The third-order valence-corrected chi connectivity index (χ3v) is 3.06. The Morgan fingerprint density at radius 1 is 1.12 bits per heavy atom. The number of rotatable bonds is 7. The molecule has 126 valence electrons. The van der Waals surface area contributed by atoms with Crippen molar-refractivity contribution in [2.75, 3.05) is 18.5 Å². The van der Waals surface area contributed by atoms with Crippen molar-refractivity contribution in [2.24, 2.45) is 0 Å². The molecule has 0 unspecified atom stereocenters. The Balaban J connectivity index is 1.76. The number of hydrogen-bond acceptors (Lipinski definition) is 5. The predicted molar refractivity (Wildman–Crippen MR) is 86.7 cm³/mol. The van der Waals surface area contributed by atoms with Crippen molar-refractivity contribution in [2.45, 2.75) is 13.3 Å². The largest absolute Gasteiger partial charge is 0.462 e. The number of anilines is 1. The van der Waals surface area contributed by atoms with Crippen LogP contribution in [0.3, 0.4) is 0 Å². The van der Waals surface area contributed by atoms with Gasteiger partial charge >= 0.3 is 5.97 Å². The number of esters is 1. The summed E-state index contributed by atoms with van der Waals surface area (Å²) in [6, 6.07) is 9.54. The van der Waals surface area contributed by atoms with E-state index in [0.717, 1.165) is 0 Å². The Bertz CT molecular complexity index is 692. The number of amides is 2. The van der Waals surface area contributed by atoms with E-state index in [2.05, 4.69) is 10.6 Å². The van der Waals surface area contributed by atoms with Gasteiger partial charge in [-0.3, -0.25) is 9.59 Å². The van der Waals surface area contributed by atoms with Crippen molar-refractivity contribution in [3.8, 4) is 0 Å². The van der Waals surface area contributed by atoms with Gasteiger partial charge in [0.25, 0.3) is 5.91 Å². The molecule has 7 nitrogen and oxygen atoms in total. The second kappa shape index (κ2) is 8.52. The van der Waals surface area contributed by atoms with Gasteiger partial charge in [0.05, 0.1) is 18.4 Å². The van der Waals surface area contributed by atoms with E-state index in [1.165, 1.54) is 6.26 Å². The van der Waals surface area contributed by atoms with Gasteiger partial charge in [-0.15, -0.1) is 0 Å². The Morgan fingerprint density at radius 2 is 1.88 bits per heavy atom. The normalized spacial score (nSPS) is 10.0. The molecule has 0 spiro atoms. The first-order valence-corrected chi connectivity index (χ1v) is 7.49. The molecule has 2 aromatic rings. The summed E-state index contributed by atoms with van der Waals surface area (Å²) in [6.07, 6.45) is 1.52. The summed E-state index contributed by atoms with van der Waals surface area (Å²) in [6.45, 7) is 2.23. The Morgan fingerprint density at radius 3 is 2.50 bits per heavy atom. The molecular formula is C17H18N2O5. The zero-order chi connectivity index (χ0) is 17.4. The maximum absolute atomic E-state index is 11.8. The van der Waals surface area contributed by atoms with Gasteiger partial charge in [0.15, 0.2) is 5.76 Å². The van der Waals surface area contributed by atoms with Crippen molar-refractivity contribution in [3.05, 3.63) is 54.0 Å². The second-order valence-electron chi connectivity index (χ2n) is 4.83. The summed E-state index contributed by atoms with van der Waals surface area (Å²) in [5.74, 6) is -0.828. The second-order valence-corrected chi connectivity index (χ2v) is 4.83. The molecule has 0 saturated carbocycles. The first-order chi connectivity index (χ1) is 11.6. The fourth-order valence-electron chi connectivity index (χ4n) is 1.91. The van der Waals surface area contributed by atoms with Crippen molar-refractivity contribution in [1.29, 1.82) is 0 Å². The van der Waals surface area contributed by atoms with E-state index in [0.29, 0.717) is 17.9 Å². The molecule has 2 amide bonds. The van der Waals surface area contributed by atoms with E-state index in [-0.39, 0.29) is 30.5 Å². The lowest BCUT2D eigenvalue weighted by atomic mass is 10.2. The van der Waals surface area contributed by atoms with Crippen molar-refractivity contribution in [1.82, 2.24) is 5.32 Å². The van der Waals surface area contributed by atoms with Crippen molar-refractivity contribution in [3.63, 3.8) is 0 Å². The Labute approximate surface area is 139 Å². The highest BCUT2D eigenvalue weighted by Crippen LogP contribution is 2.11. The number of carbonyl (C=O) groups is 3. The van der Waals surface area contributed by atoms with Crippen LogP contribution in [0.25, 0.3) is 0 Å². The maximum Gasteiger partial charge on any atom is 0.338 e. The molecule has 0 saturated heterocycles. The fourth-order valence-corrected chi connectivity index (χ4v) is 1.91. The van der Waals surface area contributed by atoms with E-state index in [4.69, 9.17) is 9.15 Å². The number of carbonyl (C=O) groups excluding carboxylic acids is 3. The summed E-state index contributed by atoms with van der Waals surface area (Å²) in [7, 11) is 0. The summed E-state index contributed by atoms with van der Waals surface area (Å²) >= 11 is 0. The molecule has 1 aromatic carbocycles. The summed E-state index contributed by atoms with van der Waals surface area (Å²) in [5.41, 5.74) is 0.978. The number of hydrogen-bond donors (Lipinski definition) is 2. The highest BCUT2D eigenvalue weighted by molar-refractivity contribution is 5.94. The average molecular weight is 330 g/mol. The summed E-state index contributed by atoms with van der Waals surface area (Å²) in [4.78, 5) is 35.0. The van der Waals surface area contributed by atoms with Crippen LogP contribution in [0.4, 0.5) is 5.69 Å². The minimum absolute atomic E-state index is 0.117. The molecule has 24 heavy (non-hydrogen) atoms. The summed E-state index contributed by atoms with van der Waals surface area (Å²) in [5, 5.41) is 5.27. The lowest BCUT2D eigenvalue weighted by molar-refractivity contribution is -0.116. The lowest BCUT2D eigenvalue weighted by Crippen LogP contribution is -2.27. The van der Waals surface area contributed by atoms with Gasteiger partial charge in [-0.1, -0.05) is 0 Å².